The Bertz CT molecular complexity index is 480. The van der Waals surface area contributed by atoms with Crippen LogP contribution < -0.4 is 5.32 Å². The molecule has 7 nitrogen and oxygen atoms in total. The molecule has 8 heteroatoms. The number of hydrogen-bond acceptors (Lipinski definition) is 5. The largest absolute Gasteiger partial charge is 0.481 e. The minimum absolute atomic E-state index is 0.0648. The molecule has 19 heavy (non-hydrogen) atoms. The van der Waals surface area contributed by atoms with E-state index in [-0.39, 0.29) is 18.7 Å². The van der Waals surface area contributed by atoms with Gasteiger partial charge in [-0.3, -0.25) is 14.9 Å². The average Bonchev–Trinajstić information content (AvgIpc) is 2.34. The maximum absolute atomic E-state index is 12.9. The number of anilines is 1. The summed E-state index contributed by atoms with van der Waals surface area (Å²) >= 11 is 0. The Labute approximate surface area is 108 Å². The van der Waals surface area contributed by atoms with Crippen LogP contribution in [0, 0.1) is 15.9 Å². The van der Waals surface area contributed by atoms with E-state index in [0.717, 1.165) is 12.1 Å². The fourth-order valence-electron chi connectivity index (χ4n) is 1.46. The van der Waals surface area contributed by atoms with Crippen molar-refractivity contribution in [1.29, 1.82) is 0 Å². The highest BCUT2D eigenvalue weighted by Crippen LogP contribution is 2.25. The van der Waals surface area contributed by atoms with Crippen LogP contribution >= 0.6 is 0 Å². The van der Waals surface area contributed by atoms with Crippen LogP contribution in [-0.2, 0) is 9.53 Å². The normalized spacial score (nSPS) is 11.9. The maximum Gasteiger partial charge on any atom is 0.306 e. The smallest absolute Gasteiger partial charge is 0.306 e. The summed E-state index contributed by atoms with van der Waals surface area (Å²) in [4.78, 5) is 20.6. The van der Waals surface area contributed by atoms with Crippen LogP contribution in [0.3, 0.4) is 0 Å². The van der Waals surface area contributed by atoms with Gasteiger partial charge in [0.2, 0.25) is 0 Å². The van der Waals surface area contributed by atoms with Crippen LogP contribution in [0.15, 0.2) is 18.2 Å². The van der Waals surface area contributed by atoms with E-state index in [1.54, 1.807) is 0 Å². The molecule has 0 amide bonds. The van der Waals surface area contributed by atoms with Crippen molar-refractivity contribution in [1.82, 2.24) is 0 Å². The number of carboxylic acids is 1. The van der Waals surface area contributed by atoms with E-state index in [1.807, 2.05) is 0 Å². The van der Waals surface area contributed by atoms with Crippen molar-refractivity contribution in [3.8, 4) is 0 Å². The van der Waals surface area contributed by atoms with Crippen molar-refractivity contribution in [2.75, 3.05) is 19.0 Å². The van der Waals surface area contributed by atoms with E-state index in [2.05, 4.69) is 5.32 Å². The van der Waals surface area contributed by atoms with E-state index in [4.69, 9.17) is 9.84 Å². The summed E-state index contributed by atoms with van der Waals surface area (Å²) in [6, 6.07) is 3.09. The molecule has 0 fully saturated rings. The first-order valence-corrected chi connectivity index (χ1v) is 5.36. The summed E-state index contributed by atoms with van der Waals surface area (Å²) < 4.78 is 17.8. The molecular weight excluding hydrogens is 259 g/mol. The molecule has 0 heterocycles. The highest BCUT2D eigenvalue weighted by Gasteiger charge is 2.17. The number of benzene rings is 1. The third-order valence-corrected chi connectivity index (χ3v) is 2.41. The van der Waals surface area contributed by atoms with Gasteiger partial charge in [-0.25, -0.2) is 4.39 Å². The number of carbonyl (C=O) groups is 1. The third-order valence-electron chi connectivity index (χ3n) is 2.41. The number of nitro benzene ring substituents is 1. The molecule has 0 saturated heterocycles. The second-order valence-electron chi connectivity index (χ2n) is 3.76. The first-order chi connectivity index (χ1) is 8.93. The standard InChI is InChI=1S/C11H13FN2O5/c1-19-8(5-11(15)16)6-13-9-3-2-7(12)4-10(9)14(17)18/h2-4,8,13H,5-6H2,1H3,(H,15,16). The molecule has 0 aliphatic rings. The van der Waals surface area contributed by atoms with Crippen LogP contribution in [0.2, 0.25) is 0 Å². The summed E-state index contributed by atoms with van der Waals surface area (Å²) in [7, 11) is 1.34. The summed E-state index contributed by atoms with van der Waals surface area (Å²) in [6.45, 7) is 0.0648. The molecule has 1 atom stereocenters. The zero-order valence-corrected chi connectivity index (χ0v) is 10.1. The van der Waals surface area contributed by atoms with Crippen molar-refractivity contribution in [3.05, 3.63) is 34.1 Å². The molecule has 0 aromatic heterocycles. The van der Waals surface area contributed by atoms with Gasteiger partial charge in [-0.1, -0.05) is 0 Å². The van der Waals surface area contributed by atoms with Crippen molar-refractivity contribution < 1.29 is 24.0 Å². The molecule has 0 radical (unpaired) electrons. The average molecular weight is 272 g/mol. The van der Waals surface area contributed by atoms with Gasteiger partial charge < -0.3 is 15.2 Å². The first-order valence-electron chi connectivity index (χ1n) is 5.36. The number of aliphatic carboxylic acids is 1. The van der Waals surface area contributed by atoms with Crippen molar-refractivity contribution in [3.63, 3.8) is 0 Å². The zero-order valence-electron chi connectivity index (χ0n) is 10.1. The Balaban J connectivity index is 2.76. The van der Waals surface area contributed by atoms with Crippen LogP contribution in [0.5, 0.6) is 0 Å². The van der Waals surface area contributed by atoms with Crippen LogP contribution in [0.1, 0.15) is 6.42 Å². The Morgan fingerprint density at radius 1 is 1.63 bits per heavy atom. The van der Waals surface area contributed by atoms with Gasteiger partial charge in [0.1, 0.15) is 11.5 Å². The van der Waals surface area contributed by atoms with E-state index in [9.17, 15) is 19.3 Å². The lowest BCUT2D eigenvalue weighted by Gasteiger charge is -2.14. The molecule has 2 N–H and O–H groups in total. The molecule has 0 aliphatic heterocycles. The Hall–Kier alpha value is -2.22. The first kappa shape index (κ1) is 14.8. The van der Waals surface area contributed by atoms with Crippen LogP contribution in [0.25, 0.3) is 0 Å². The molecule has 1 unspecified atom stereocenters. The molecule has 0 aliphatic carbocycles. The van der Waals surface area contributed by atoms with Crippen molar-refractivity contribution in [2.24, 2.45) is 0 Å². The van der Waals surface area contributed by atoms with Gasteiger partial charge in [-0.05, 0) is 12.1 Å². The number of ether oxygens (including phenoxy) is 1. The number of halogens is 1. The molecule has 104 valence electrons. The molecule has 0 saturated carbocycles. The lowest BCUT2D eigenvalue weighted by Crippen LogP contribution is -2.25. The van der Waals surface area contributed by atoms with E-state index in [1.165, 1.54) is 13.2 Å². The van der Waals surface area contributed by atoms with E-state index >= 15 is 0 Å². The number of nitro groups is 1. The highest BCUT2D eigenvalue weighted by molar-refractivity contribution is 5.67. The van der Waals surface area contributed by atoms with Gasteiger partial charge in [-0.15, -0.1) is 0 Å². The molecule has 1 rings (SSSR count). The Kier molecular flexibility index (Phi) is 5.19. The van der Waals surface area contributed by atoms with E-state index < -0.39 is 28.5 Å². The Morgan fingerprint density at radius 3 is 2.84 bits per heavy atom. The Morgan fingerprint density at radius 2 is 2.32 bits per heavy atom. The molecule has 0 spiro atoms. The topological polar surface area (TPSA) is 102 Å². The van der Waals surface area contributed by atoms with Gasteiger partial charge in [0.25, 0.3) is 5.69 Å². The summed E-state index contributed by atoms with van der Waals surface area (Å²) in [5, 5.41) is 22.0. The van der Waals surface area contributed by atoms with Crippen LogP contribution in [0.4, 0.5) is 15.8 Å². The summed E-state index contributed by atoms with van der Waals surface area (Å²) in [6.07, 6.45) is -0.874. The molecule has 0 bridgehead atoms. The third kappa shape index (κ3) is 4.51. The monoisotopic (exact) mass is 272 g/mol. The van der Waals surface area contributed by atoms with Gasteiger partial charge >= 0.3 is 5.97 Å². The zero-order chi connectivity index (χ0) is 14.4. The summed E-state index contributed by atoms with van der Waals surface area (Å²) in [5.41, 5.74) is -0.302. The number of hydrogen-bond donors (Lipinski definition) is 2. The lowest BCUT2D eigenvalue weighted by molar-refractivity contribution is -0.384. The van der Waals surface area contributed by atoms with Gasteiger partial charge in [0.15, 0.2) is 0 Å². The number of nitrogens with one attached hydrogen (secondary N) is 1. The van der Waals surface area contributed by atoms with Crippen LogP contribution in [-0.4, -0.2) is 35.8 Å². The predicted molar refractivity (Wildman–Crippen MR) is 64.6 cm³/mol. The minimum Gasteiger partial charge on any atom is -0.481 e. The van der Waals surface area contributed by atoms with Gasteiger partial charge in [-0.2, -0.15) is 0 Å². The number of rotatable bonds is 7. The highest BCUT2D eigenvalue weighted by atomic mass is 19.1. The van der Waals surface area contributed by atoms with Crippen molar-refractivity contribution in [2.45, 2.75) is 12.5 Å². The summed E-state index contributed by atoms with van der Waals surface area (Å²) in [5.74, 6) is -1.76. The van der Waals surface area contributed by atoms with E-state index in [0.29, 0.717) is 0 Å². The second-order valence-corrected chi connectivity index (χ2v) is 3.76. The fourth-order valence-corrected chi connectivity index (χ4v) is 1.46. The van der Waals surface area contributed by atoms with Gasteiger partial charge in [0, 0.05) is 13.7 Å². The van der Waals surface area contributed by atoms with Gasteiger partial charge in [0.05, 0.1) is 23.5 Å². The minimum atomic E-state index is -1.04. The molecule has 1 aromatic carbocycles. The number of methoxy groups -OCH3 is 1. The SMILES string of the molecule is COC(CNc1ccc(F)cc1[N+](=O)[O-])CC(=O)O. The maximum atomic E-state index is 12.9. The molecular formula is C11H13FN2O5. The van der Waals surface area contributed by atoms with Crippen molar-refractivity contribution >= 4 is 17.3 Å². The lowest BCUT2D eigenvalue weighted by atomic mass is 10.2. The number of nitrogens with zero attached hydrogens (tertiary/aromatic N) is 1. The number of carboxylic acid groups (broad SMARTS) is 1. The fraction of sp³-hybridized carbons (Fsp3) is 0.364. The second kappa shape index (κ2) is 6.64. The molecule has 1 aromatic rings. The predicted octanol–water partition coefficient (Wildman–Crippen LogP) is 1.64. The quantitative estimate of drug-likeness (QED) is 0.578.